The van der Waals surface area contributed by atoms with Gasteiger partial charge in [0.1, 0.15) is 5.52 Å². The summed E-state index contributed by atoms with van der Waals surface area (Å²) in [5, 5.41) is 5.10. The van der Waals surface area contributed by atoms with E-state index >= 15 is 0 Å². The maximum absolute atomic E-state index is 11.1. The summed E-state index contributed by atoms with van der Waals surface area (Å²) >= 11 is 0. The van der Waals surface area contributed by atoms with Gasteiger partial charge < -0.3 is 9.32 Å². The average Bonchev–Trinajstić information content (AvgIpc) is 2.80. The van der Waals surface area contributed by atoms with Gasteiger partial charge in [0, 0.05) is 13.1 Å². The number of anilines is 1. The first kappa shape index (κ1) is 14.3. The van der Waals surface area contributed by atoms with Crippen molar-refractivity contribution in [2.75, 3.05) is 23.7 Å². The zero-order valence-corrected chi connectivity index (χ0v) is 12.8. The minimum absolute atomic E-state index is 0.0631. The molecule has 1 saturated heterocycles. The van der Waals surface area contributed by atoms with Crippen LogP contribution in [0.15, 0.2) is 22.6 Å². The van der Waals surface area contributed by atoms with Crippen molar-refractivity contribution in [2.24, 2.45) is 11.1 Å². The van der Waals surface area contributed by atoms with Crippen molar-refractivity contribution in [3.8, 4) is 0 Å². The zero-order chi connectivity index (χ0) is 15.0. The number of primary sulfonamides is 1. The van der Waals surface area contributed by atoms with Crippen LogP contribution in [-0.4, -0.2) is 32.2 Å². The quantitative estimate of drug-likeness (QED) is 0.931. The van der Waals surface area contributed by atoms with Crippen LogP contribution in [0.4, 0.5) is 6.01 Å². The fourth-order valence-electron chi connectivity index (χ4n) is 2.78. The second kappa shape index (κ2) is 5.31. The van der Waals surface area contributed by atoms with Gasteiger partial charge >= 0.3 is 0 Å². The summed E-state index contributed by atoms with van der Waals surface area (Å²) in [7, 11) is -3.39. The molecule has 0 atom stereocenters. The summed E-state index contributed by atoms with van der Waals surface area (Å²) in [6.45, 7) is 3.50. The van der Waals surface area contributed by atoms with Crippen LogP contribution in [0.25, 0.3) is 11.1 Å². The van der Waals surface area contributed by atoms with E-state index in [0.29, 0.717) is 6.01 Å². The molecule has 2 heterocycles. The van der Waals surface area contributed by atoms with Crippen LogP contribution in [0.5, 0.6) is 0 Å². The van der Waals surface area contributed by atoms with E-state index in [1.54, 1.807) is 0 Å². The second-order valence-electron chi connectivity index (χ2n) is 5.73. The first-order chi connectivity index (χ1) is 9.90. The SMILES string of the molecule is Cc1ccc2oc(N3CCC(CS(N)(=O)=O)CC3)nc2c1. The molecular formula is C14H19N3O3S. The van der Waals surface area contributed by atoms with Crippen molar-refractivity contribution in [1.82, 2.24) is 4.98 Å². The van der Waals surface area contributed by atoms with Crippen LogP contribution in [0.2, 0.25) is 0 Å². The van der Waals surface area contributed by atoms with E-state index in [1.165, 1.54) is 0 Å². The van der Waals surface area contributed by atoms with Crippen molar-refractivity contribution in [3.05, 3.63) is 23.8 Å². The average molecular weight is 309 g/mol. The number of rotatable bonds is 3. The standard InChI is InChI=1S/C14H19N3O3S/c1-10-2-3-13-12(8-10)16-14(20-13)17-6-4-11(5-7-17)9-21(15,18)19/h2-3,8,11H,4-7,9H2,1H3,(H2,15,18,19). The molecule has 21 heavy (non-hydrogen) atoms. The summed E-state index contributed by atoms with van der Waals surface area (Å²) < 4.78 is 28.0. The van der Waals surface area contributed by atoms with Gasteiger partial charge in [-0.15, -0.1) is 0 Å². The Morgan fingerprint density at radius 3 is 2.76 bits per heavy atom. The van der Waals surface area contributed by atoms with Crippen molar-refractivity contribution in [3.63, 3.8) is 0 Å². The third kappa shape index (κ3) is 3.36. The number of benzene rings is 1. The molecule has 1 aliphatic heterocycles. The Hall–Kier alpha value is -1.60. The molecule has 1 aliphatic rings. The first-order valence-electron chi connectivity index (χ1n) is 7.03. The Bertz CT molecular complexity index is 746. The van der Waals surface area contributed by atoms with E-state index in [2.05, 4.69) is 9.88 Å². The monoisotopic (exact) mass is 309 g/mol. The van der Waals surface area contributed by atoms with Gasteiger partial charge in [0.25, 0.3) is 6.01 Å². The minimum atomic E-state index is -3.39. The Morgan fingerprint density at radius 1 is 1.38 bits per heavy atom. The van der Waals surface area contributed by atoms with Crippen molar-refractivity contribution in [2.45, 2.75) is 19.8 Å². The second-order valence-corrected chi connectivity index (χ2v) is 7.39. The molecule has 0 radical (unpaired) electrons. The van der Waals surface area contributed by atoms with Gasteiger partial charge in [-0.1, -0.05) is 6.07 Å². The van der Waals surface area contributed by atoms with E-state index in [-0.39, 0.29) is 11.7 Å². The Labute approximate surface area is 124 Å². The molecule has 114 valence electrons. The van der Waals surface area contributed by atoms with E-state index in [9.17, 15) is 8.42 Å². The highest BCUT2D eigenvalue weighted by molar-refractivity contribution is 7.89. The smallest absolute Gasteiger partial charge is 0.298 e. The predicted molar refractivity (Wildman–Crippen MR) is 81.7 cm³/mol. The third-order valence-corrected chi connectivity index (χ3v) is 4.82. The lowest BCUT2D eigenvalue weighted by Crippen LogP contribution is -2.37. The molecule has 1 aromatic heterocycles. The van der Waals surface area contributed by atoms with Crippen molar-refractivity contribution >= 4 is 27.1 Å². The van der Waals surface area contributed by atoms with E-state index in [4.69, 9.17) is 9.56 Å². The molecule has 6 nitrogen and oxygen atoms in total. The normalized spacial score (nSPS) is 17.5. The van der Waals surface area contributed by atoms with E-state index in [0.717, 1.165) is 42.6 Å². The van der Waals surface area contributed by atoms with Gasteiger partial charge in [-0.25, -0.2) is 13.6 Å². The van der Waals surface area contributed by atoms with Crippen LogP contribution in [0.3, 0.4) is 0 Å². The number of hydrogen-bond acceptors (Lipinski definition) is 5. The number of hydrogen-bond donors (Lipinski definition) is 1. The molecule has 1 fully saturated rings. The molecule has 0 aliphatic carbocycles. The summed E-state index contributed by atoms with van der Waals surface area (Å²) in [6.07, 6.45) is 1.57. The van der Waals surface area contributed by atoms with Crippen molar-refractivity contribution in [1.29, 1.82) is 0 Å². The van der Waals surface area contributed by atoms with Gasteiger partial charge in [0.05, 0.1) is 5.75 Å². The van der Waals surface area contributed by atoms with E-state index < -0.39 is 10.0 Å². The number of aromatic nitrogens is 1. The lowest BCUT2D eigenvalue weighted by atomic mass is 9.99. The fraction of sp³-hybridized carbons (Fsp3) is 0.500. The summed E-state index contributed by atoms with van der Waals surface area (Å²) in [6, 6.07) is 6.53. The number of piperidine rings is 1. The Balaban J connectivity index is 1.71. The molecule has 7 heteroatoms. The first-order valence-corrected chi connectivity index (χ1v) is 8.75. The molecule has 0 amide bonds. The maximum atomic E-state index is 11.1. The number of oxazole rings is 1. The largest absolute Gasteiger partial charge is 0.423 e. The molecule has 3 rings (SSSR count). The van der Waals surface area contributed by atoms with Crippen LogP contribution >= 0.6 is 0 Å². The van der Waals surface area contributed by atoms with Gasteiger partial charge in [0.15, 0.2) is 5.58 Å². The molecule has 1 aromatic carbocycles. The molecule has 0 saturated carbocycles. The van der Waals surface area contributed by atoms with Gasteiger partial charge in [-0.3, -0.25) is 0 Å². The zero-order valence-electron chi connectivity index (χ0n) is 11.9. The number of nitrogens with two attached hydrogens (primary N) is 1. The molecule has 2 N–H and O–H groups in total. The minimum Gasteiger partial charge on any atom is -0.423 e. The van der Waals surface area contributed by atoms with Crippen LogP contribution in [-0.2, 0) is 10.0 Å². The summed E-state index contributed by atoms with van der Waals surface area (Å²) in [5.41, 5.74) is 2.79. The van der Waals surface area contributed by atoms with Gasteiger partial charge in [0.2, 0.25) is 10.0 Å². The molecular weight excluding hydrogens is 290 g/mol. The Morgan fingerprint density at radius 2 is 2.10 bits per heavy atom. The lowest BCUT2D eigenvalue weighted by Gasteiger charge is -2.30. The van der Waals surface area contributed by atoms with Crippen molar-refractivity contribution < 1.29 is 12.8 Å². The lowest BCUT2D eigenvalue weighted by molar-refractivity contribution is 0.416. The number of nitrogens with zero attached hydrogens (tertiary/aromatic N) is 2. The highest BCUT2D eigenvalue weighted by atomic mass is 32.2. The highest BCUT2D eigenvalue weighted by Crippen LogP contribution is 2.27. The topological polar surface area (TPSA) is 89.4 Å². The van der Waals surface area contributed by atoms with E-state index in [1.807, 2.05) is 25.1 Å². The molecule has 0 bridgehead atoms. The van der Waals surface area contributed by atoms with Crippen LogP contribution in [0.1, 0.15) is 18.4 Å². The van der Waals surface area contributed by atoms with Gasteiger partial charge in [-0.05, 0) is 43.4 Å². The van der Waals surface area contributed by atoms with Crippen LogP contribution in [0, 0.1) is 12.8 Å². The summed E-state index contributed by atoms with van der Waals surface area (Å²) in [5.74, 6) is 0.191. The fourth-order valence-corrected chi connectivity index (χ4v) is 3.77. The summed E-state index contributed by atoms with van der Waals surface area (Å²) in [4.78, 5) is 6.58. The molecule has 0 spiro atoms. The molecule has 2 aromatic rings. The number of sulfonamides is 1. The maximum Gasteiger partial charge on any atom is 0.298 e. The predicted octanol–water partition coefficient (Wildman–Crippen LogP) is 1.64. The molecule has 0 unspecified atom stereocenters. The number of fused-ring (bicyclic) bond motifs is 1. The Kier molecular flexibility index (Phi) is 3.62. The third-order valence-electron chi connectivity index (χ3n) is 3.88. The van der Waals surface area contributed by atoms with Crippen LogP contribution < -0.4 is 10.0 Å². The highest BCUT2D eigenvalue weighted by Gasteiger charge is 2.25. The van der Waals surface area contributed by atoms with Gasteiger partial charge in [-0.2, -0.15) is 4.98 Å². The number of aryl methyl sites for hydroxylation is 1.